The minimum absolute atomic E-state index is 0.0206. The van der Waals surface area contributed by atoms with Crippen LogP contribution in [0.3, 0.4) is 0 Å². The molecule has 0 saturated carbocycles. The zero-order chi connectivity index (χ0) is 22.0. The molecule has 0 aliphatic rings. The number of rotatable bonds is 4. The number of carbonyl (C=O) groups excluding carboxylic acids is 1. The lowest BCUT2D eigenvalue weighted by molar-refractivity contribution is 0.102. The first kappa shape index (κ1) is 22.0. The number of nitriles is 1. The average molecular weight is 460 g/mol. The van der Waals surface area contributed by atoms with E-state index in [2.05, 4.69) is 11.4 Å². The van der Waals surface area contributed by atoms with Crippen LogP contribution in [0, 0.1) is 25.2 Å². The molecule has 1 amide bonds. The summed E-state index contributed by atoms with van der Waals surface area (Å²) in [7, 11) is 0. The Balaban J connectivity index is 1.94. The maximum atomic E-state index is 12.6. The summed E-state index contributed by atoms with van der Waals surface area (Å²) in [6, 6.07) is 16.0. The lowest BCUT2D eigenvalue weighted by atomic mass is 9.90. The summed E-state index contributed by atoms with van der Waals surface area (Å²) in [5.74, 6) is -1.49. The zero-order valence-corrected chi connectivity index (χ0v) is 18.4. The minimum Gasteiger partial charge on any atom is -0.506 e. The van der Waals surface area contributed by atoms with Crippen molar-refractivity contribution < 1.29 is 9.90 Å². The van der Waals surface area contributed by atoms with Gasteiger partial charge in [0.25, 0.3) is 5.91 Å². The summed E-state index contributed by atoms with van der Waals surface area (Å²) < 4.78 is 0. The molecule has 1 unspecified atom stereocenters. The highest BCUT2D eigenvalue weighted by molar-refractivity contribution is 6.36. The van der Waals surface area contributed by atoms with Crippen molar-refractivity contribution in [3.8, 4) is 11.8 Å². The van der Waals surface area contributed by atoms with Crippen LogP contribution < -0.4 is 5.32 Å². The van der Waals surface area contributed by atoms with Gasteiger partial charge in [0.1, 0.15) is 5.75 Å². The molecule has 0 heterocycles. The third kappa shape index (κ3) is 4.55. The Bertz CT molecular complexity index is 1170. The first-order valence-corrected chi connectivity index (χ1v) is 10.1. The molecule has 7 heteroatoms. The molecular formula is C23H17Cl3N2O2. The summed E-state index contributed by atoms with van der Waals surface area (Å²) in [6.07, 6.45) is 0. The van der Waals surface area contributed by atoms with Gasteiger partial charge in [0.05, 0.1) is 22.6 Å². The predicted molar refractivity (Wildman–Crippen MR) is 121 cm³/mol. The topological polar surface area (TPSA) is 73.1 Å². The first-order chi connectivity index (χ1) is 14.2. The molecule has 30 heavy (non-hydrogen) atoms. The Morgan fingerprint density at radius 1 is 1.03 bits per heavy atom. The third-order valence-corrected chi connectivity index (χ3v) is 5.55. The van der Waals surface area contributed by atoms with E-state index in [1.807, 2.05) is 31.2 Å². The molecule has 2 N–H and O–H groups in total. The normalized spacial score (nSPS) is 11.6. The van der Waals surface area contributed by atoms with Gasteiger partial charge in [0, 0.05) is 15.7 Å². The van der Waals surface area contributed by atoms with E-state index in [-0.39, 0.29) is 21.4 Å². The van der Waals surface area contributed by atoms with Gasteiger partial charge < -0.3 is 10.4 Å². The number of halogens is 3. The van der Waals surface area contributed by atoms with Gasteiger partial charge >= 0.3 is 0 Å². The van der Waals surface area contributed by atoms with E-state index >= 15 is 0 Å². The number of anilines is 1. The van der Waals surface area contributed by atoms with Crippen LogP contribution in [0.25, 0.3) is 0 Å². The molecule has 0 fully saturated rings. The third-order valence-electron chi connectivity index (χ3n) is 4.72. The van der Waals surface area contributed by atoms with Crippen LogP contribution >= 0.6 is 34.8 Å². The molecule has 0 aliphatic heterocycles. The Morgan fingerprint density at radius 2 is 1.70 bits per heavy atom. The summed E-state index contributed by atoms with van der Waals surface area (Å²) in [6.45, 7) is 3.77. The van der Waals surface area contributed by atoms with Crippen LogP contribution in [0.15, 0.2) is 48.5 Å². The first-order valence-electron chi connectivity index (χ1n) is 8.97. The van der Waals surface area contributed by atoms with E-state index in [1.54, 1.807) is 19.1 Å². The van der Waals surface area contributed by atoms with Crippen molar-refractivity contribution in [3.05, 3.63) is 91.4 Å². The van der Waals surface area contributed by atoms with Crippen molar-refractivity contribution in [1.82, 2.24) is 0 Å². The molecule has 0 spiro atoms. The highest BCUT2D eigenvalue weighted by Gasteiger charge is 2.20. The number of aryl methyl sites for hydroxylation is 2. The van der Waals surface area contributed by atoms with Gasteiger partial charge in [-0.3, -0.25) is 4.79 Å². The van der Waals surface area contributed by atoms with E-state index in [1.165, 1.54) is 12.1 Å². The van der Waals surface area contributed by atoms with Crippen molar-refractivity contribution in [1.29, 1.82) is 5.26 Å². The van der Waals surface area contributed by atoms with Crippen LogP contribution in [0.2, 0.25) is 15.1 Å². The SMILES string of the molecule is Cc1ccc(C(C#N)c2cc(C)c(NC(=O)c3cc(Cl)cc(Cl)c3O)cc2Cl)cc1. The molecule has 152 valence electrons. The van der Waals surface area contributed by atoms with Gasteiger partial charge in [-0.25, -0.2) is 0 Å². The fraction of sp³-hybridized carbons (Fsp3) is 0.130. The lowest BCUT2D eigenvalue weighted by Gasteiger charge is -2.16. The number of aromatic hydroxyl groups is 1. The minimum atomic E-state index is -0.584. The van der Waals surface area contributed by atoms with Crippen LogP contribution in [0.1, 0.15) is 38.5 Å². The second kappa shape index (κ2) is 8.97. The van der Waals surface area contributed by atoms with Gasteiger partial charge in [0.2, 0.25) is 0 Å². The van der Waals surface area contributed by atoms with E-state index < -0.39 is 11.8 Å². The highest BCUT2D eigenvalue weighted by Crippen LogP contribution is 2.35. The number of phenolic OH excluding ortho intramolecular Hbond substituents is 1. The summed E-state index contributed by atoms with van der Waals surface area (Å²) in [5.41, 5.74) is 3.68. The Kier molecular flexibility index (Phi) is 6.58. The summed E-state index contributed by atoms with van der Waals surface area (Å²) >= 11 is 18.3. The molecule has 0 aromatic heterocycles. The summed E-state index contributed by atoms with van der Waals surface area (Å²) in [5, 5.41) is 23.1. The van der Waals surface area contributed by atoms with Crippen molar-refractivity contribution in [2.45, 2.75) is 19.8 Å². The van der Waals surface area contributed by atoms with E-state index in [9.17, 15) is 15.2 Å². The van der Waals surface area contributed by atoms with Crippen molar-refractivity contribution in [2.24, 2.45) is 0 Å². The quantitative estimate of drug-likeness (QED) is 0.447. The average Bonchev–Trinajstić information content (AvgIpc) is 2.70. The molecule has 1 atom stereocenters. The van der Waals surface area contributed by atoms with Gasteiger partial charge in [-0.15, -0.1) is 0 Å². The monoisotopic (exact) mass is 458 g/mol. The molecule has 3 aromatic rings. The second-order valence-corrected chi connectivity index (χ2v) is 8.15. The van der Waals surface area contributed by atoms with Crippen LogP contribution in [-0.4, -0.2) is 11.0 Å². The largest absolute Gasteiger partial charge is 0.506 e. The zero-order valence-electron chi connectivity index (χ0n) is 16.1. The van der Waals surface area contributed by atoms with Crippen LogP contribution in [0.5, 0.6) is 5.75 Å². The molecule has 0 aliphatic carbocycles. The lowest BCUT2D eigenvalue weighted by Crippen LogP contribution is -2.14. The van der Waals surface area contributed by atoms with Gasteiger partial charge in [-0.1, -0.05) is 70.7 Å². The Morgan fingerprint density at radius 3 is 2.33 bits per heavy atom. The fourth-order valence-corrected chi connectivity index (χ4v) is 3.84. The smallest absolute Gasteiger partial charge is 0.259 e. The number of nitrogens with one attached hydrogen (secondary N) is 1. The van der Waals surface area contributed by atoms with E-state index in [0.717, 1.165) is 11.1 Å². The number of phenols is 1. The van der Waals surface area contributed by atoms with Crippen molar-refractivity contribution in [2.75, 3.05) is 5.32 Å². The van der Waals surface area contributed by atoms with Gasteiger partial charge in [-0.05, 0) is 48.7 Å². The second-order valence-electron chi connectivity index (χ2n) is 6.90. The number of hydrogen-bond acceptors (Lipinski definition) is 3. The van der Waals surface area contributed by atoms with E-state index in [0.29, 0.717) is 21.8 Å². The molecule has 3 aromatic carbocycles. The molecule has 0 saturated heterocycles. The molecule has 0 bridgehead atoms. The Hall–Kier alpha value is -2.71. The molecular weight excluding hydrogens is 443 g/mol. The number of carbonyl (C=O) groups is 1. The van der Waals surface area contributed by atoms with Crippen LogP contribution in [0.4, 0.5) is 5.69 Å². The standard InChI is InChI=1S/C23H17Cl3N2O2/c1-12-3-5-14(6-4-12)18(11-27)16-7-13(2)21(10-19(16)25)28-23(30)17-8-15(24)9-20(26)22(17)29/h3-10,18,29H,1-2H3,(H,28,30). The van der Waals surface area contributed by atoms with E-state index in [4.69, 9.17) is 34.8 Å². The maximum Gasteiger partial charge on any atom is 0.259 e. The number of benzene rings is 3. The van der Waals surface area contributed by atoms with Crippen molar-refractivity contribution >= 4 is 46.4 Å². The fourth-order valence-electron chi connectivity index (χ4n) is 3.07. The van der Waals surface area contributed by atoms with Crippen molar-refractivity contribution in [3.63, 3.8) is 0 Å². The molecule has 0 radical (unpaired) electrons. The maximum absolute atomic E-state index is 12.6. The predicted octanol–water partition coefficient (Wildman–Crippen LogP) is 6.88. The number of hydrogen-bond donors (Lipinski definition) is 2. The van der Waals surface area contributed by atoms with Crippen LogP contribution in [-0.2, 0) is 0 Å². The molecule has 4 nitrogen and oxygen atoms in total. The number of nitrogens with zero attached hydrogens (tertiary/aromatic N) is 1. The summed E-state index contributed by atoms with van der Waals surface area (Å²) in [4.78, 5) is 12.6. The van der Waals surface area contributed by atoms with Gasteiger partial charge in [-0.2, -0.15) is 5.26 Å². The molecule has 3 rings (SSSR count). The Labute approximate surface area is 189 Å². The highest BCUT2D eigenvalue weighted by atomic mass is 35.5. The van der Waals surface area contributed by atoms with Gasteiger partial charge in [0.15, 0.2) is 0 Å². The number of amides is 1.